The van der Waals surface area contributed by atoms with Crippen LogP contribution >= 0.6 is 0 Å². The van der Waals surface area contributed by atoms with Crippen LogP contribution in [-0.2, 0) is 21.2 Å². The number of nitrogens with zero attached hydrogens (tertiary/aromatic N) is 2. The van der Waals surface area contributed by atoms with E-state index in [9.17, 15) is 18.3 Å². The number of carboxylic acid groups (broad SMARTS) is 1. The van der Waals surface area contributed by atoms with Crippen molar-refractivity contribution in [2.75, 3.05) is 12.3 Å². The molecular weight excluding hydrogens is 292 g/mol. The van der Waals surface area contributed by atoms with Crippen molar-refractivity contribution < 1.29 is 18.3 Å². The summed E-state index contributed by atoms with van der Waals surface area (Å²) in [6.45, 7) is 0.301. The highest BCUT2D eigenvalue weighted by Gasteiger charge is 2.35. The normalized spacial score (nSPS) is 20.9. The minimum atomic E-state index is -3.57. The molecule has 2 rings (SSSR count). The summed E-state index contributed by atoms with van der Waals surface area (Å²) in [5.41, 5.74) is 0.885. The number of hydrogen-bond acceptors (Lipinski definition) is 4. The number of rotatable bonds is 5. The van der Waals surface area contributed by atoms with E-state index in [0.717, 1.165) is 24.8 Å². The molecule has 0 spiro atoms. The molecule has 7 heteroatoms. The number of carboxylic acids is 1. The molecule has 2 heterocycles. The molecule has 1 fully saturated rings. The first-order valence-corrected chi connectivity index (χ1v) is 8.73. The van der Waals surface area contributed by atoms with Gasteiger partial charge in [0.2, 0.25) is 10.0 Å². The van der Waals surface area contributed by atoms with E-state index < -0.39 is 22.0 Å². The molecule has 1 saturated heterocycles. The van der Waals surface area contributed by atoms with Gasteiger partial charge < -0.3 is 5.11 Å². The quantitative estimate of drug-likeness (QED) is 0.885. The van der Waals surface area contributed by atoms with E-state index in [2.05, 4.69) is 4.98 Å². The Morgan fingerprint density at radius 2 is 2.00 bits per heavy atom. The summed E-state index contributed by atoms with van der Waals surface area (Å²) in [6, 6.07) is 2.62. The van der Waals surface area contributed by atoms with Crippen molar-refractivity contribution in [3.63, 3.8) is 0 Å². The minimum absolute atomic E-state index is 0.0687. The average molecular weight is 312 g/mol. The molecule has 1 aliphatic rings. The Morgan fingerprint density at radius 3 is 2.67 bits per heavy atom. The summed E-state index contributed by atoms with van der Waals surface area (Å²) in [5, 5.41) is 9.27. The van der Waals surface area contributed by atoms with Crippen LogP contribution < -0.4 is 0 Å². The van der Waals surface area contributed by atoms with Crippen LogP contribution in [0.3, 0.4) is 0 Å². The molecule has 116 valence electrons. The van der Waals surface area contributed by atoms with Crippen molar-refractivity contribution in [1.29, 1.82) is 0 Å². The third-order valence-electron chi connectivity index (χ3n) is 3.74. The summed E-state index contributed by atoms with van der Waals surface area (Å²) in [7, 11) is -3.57. The monoisotopic (exact) mass is 312 g/mol. The second-order valence-electron chi connectivity index (χ2n) is 5.24. The van der Waals surface area contributed by atoms with Crippen LogP contribution in [0.15, 0.2) is 24.5 Å². The lowest BCUT2D eigenvalue weighted by molar-refractivity contribution is -0.141. The molecule has 1 N–H and O–H groups in total. The molecule has 0 aromatic carbocycles. The van der Waals surface area contributed by atoms with Gasteiger partial charge in [-0.2, -0.15) is 4.31 Å². The number of hydrogen-bond donors (Lipinski definition) is 1. The second kappa shape index (κ2) is 7.00. The third-order valence-corrected chi connectivity index (χ3v) is 5.62. The molecule has 0 bridgehead atoms. The van der Waals surface area contributed by atoms with Crippen molar-refractivity contribution in [1.82, 2.24) is 9.29 Å². The lowest BCUT2D eigenvalue weighted by atomic mass is 10.1. The summed E-state index contributed by atoms with van der Waals surface area (Å²) >= 11 is 0. The van der Waals surface area contributed by atoms with Gasteiger partial charge in [0, 0.05) is 18.9 Å². The van der Waals surface area contributed by atoms with Crippen molar-refractivity contribution in [3.8, 4) is 0 Å². The van der Waals surface area contributed by atoms with Gasteiger partial charge in [-0.3, -0.25) is 9.78 Å². The number of aliphatic carboxylic acids is 1. The van der Waals surface area contributed by atoms with Crippen LogP contribution in [0.1, 0.15) is 31.2 Å². The van der Waals surface area contributed by atoms with Crippen molar-refractivity contribution in [3.05, 3.63) is 30.1 Å². The highest BCUT2D eigenvalue weighted by Crippen LogP contribution is 2.21. The Bertz CT molecular complexity index is 574. The molecule has 1 atom stereocenters. The molecule has 6 nitrogen and oxygen atoms in total. The van der Waals surface area contributed by atoms with E-state index in [1.165, 1.54) is 4.31 Å². The Morgan fingerprint density at radius 1 is 1.29 bits per heavy atom. The maximum Gasteiger partial charge on any atom is 0.322 e. The minimum Gasteiger partial charge on any atom is -0.480 e. The van der Waals surface area contributed by atoms with Crippen LogP contribution in [0.4, 0.5) is 0 Å². The zero-order valence-corrected chi connectivity index (χ0v) is 12.6. The summed E-state index contributed by atoms with van der Waals surface area (Å²) in [6.07, 6.45) is 6.35. The Labute approximate surface area is 124 Å². The predicted octanol–water partition coefficient (Wildman–Crippen LogP) is 1.28. The van der Waals surface area contributed by atoms with Gasteiger partial charge in [-0.15, -0.1) is 0 Å². The number of sulfonamides is 1. The van der Waals surface area contributed by atoms with E-state index in [-0.39, 0.29) is 5.75 Å². The zero-order valence-electron chi connectivity index (χ0n) is 11.8. The van der Waals surface area contributed by atoms with Gasteiger partial charge in [-0.1, -0.05) is 12.8 Å². The molecule has 1 aromatic heterocycles. The fourth-order valence-electron chi connectivity index (χ4n) is 2.58. The number of carbonyl (C=O) groups is 1. The number of pyridine rings is 1. The summed E-state index contributed by atoms with van der Waals surface area (Å²) in [4.78, 5) is 15.2. The lowest BCUT2D eigenvalue weighted by Crippen LogP contribution is -2.45. The van der Waals surface area contributed by atoms with Gasteiger partial charge in [0.1, 0.15) is 6.04 Å². The fourth-order valence-corrected chi connectivity index (χ4v) is 4.29. The van der Waals surface area contributed by atoms with Crippen LogP contribution in [0.5, 0.6) is 0 Å². The fraction of sp³-hybridized carbons (Fsp3) is 0.571. The zero-order chi connectivity index (χ0) is 15.3. The van der Waals surface area contributed by atoms with E-state index in [1.54, 1.807) is 24.5 Å². The molecule has 0 amide bonds. The van der Waals surface area contributed by atoms with Crippen molar-refractivity contribution in [2.45, 2.75) is 38.1 Å². The number of aromatic nitrogens is 1. The lowest BCUT2D eigenvalue weighted by Gasteiger charge is -2.26. The molecule has 1 aromatic rings. The second-order valence-corrected chi connectivity index (χ2v) is 7.28. The first-order valence-electron chi connectivity index (χ1n) is 7.12. The third kappa shape index (κ3) is 4.25. The summed E-state index contributed by atoms with van der Waals surface area (Å²) < 4.78 is 26.1. The van der Waals surface area contributed by atoms with Crippen LogP contribution in [-0.4, -0.2) is 47.1 Å². The van der Waals surface area contributed by atoms with Gasteiger partial charge >= 0.3 is 5.97 Å². The summed E-state index contributed by atoms with van der Waals surface area (Å²) in [5.74, 6) is -1.12. The van der Waals surface area contributed by atoms with Crippen molar-refractivity contribution >= 4 is 16.0 Å². The predicted molar refractivity (Wildman–Crippen MR) is 78.3 cm³/mol. The molecule has 0 radical (unpaired) electrons. The molecule has 0 aliphatic carbocycles. The highest BCUT2D eigenvalue weighted by atomic mass is 32.2. The van der Waals surface area contributed by atoms with Crippen LogP contribution in [0.2, 0.25) is 0 Å². The highest BCUT2D eigenvalue weighted by molar-refractivity contribution is 7.89. The largest absolute Gasteiger partial charge is 0.480 e. The van der Waals surface area contributed by atoms with Gasteiger partial charge in [-0.25, -0.2) is 8.42 Å². The van der Waals surface area contributed by atoms with E-state index >= 15 is 0 Å². The molecule has 0 saturated carbocycles. The van der Waals surface area contributed by atoms with E-state index in [0.29, 0.717) is 19.4 Å². The van der Waals surface area contributed by atoms with Gasteiger partial charge in [0.25, 0.3) is 0 Å². The molecule has 1 unspecified atom stereocenters. The topological polar surface area (TPSA) is 87.6 Å². The Hall–Kier alpha value is -1.47. The van der Waals surface area contributed by atoms with Crippen LogP contribution in [0, 0.1) is 0 Å². The van der Waals surface area contributed by atoms with E-state index in [4.69, 9.17) is 0 Å². The van der Waals surface area contributed by atoms with Crippen molar-refractivity contribution in [2.24, 2.45) is 0 Å². The maximum absolute atomic E-state index is 12.5. The average Bonchev–Trinajstić information content (AvgIpc) is 2.73. The van der Waals surface area contributed by atoms with E-state index in [1.807, 2.05) is 0 Å². The molecule has 21 heavy (non-hydrogen) atoms. The molecular formula is C14H20N2O4S. The maximum atomic E-state index is 12.5. The molecule has 1 aliphatic heterocycles. The smallest absolute Gasteiger partial charge is 0.322 e. The van der Waals surface area contributed by atoms with Gasteiger partial charge in [0.05, 0.1) is 5.75 Å². The van der Waals surface area contributed by atoms with Gasteiger partial charge in [0.15, 0.2) is 0 Å². The van der Waals surface area contributed by atoms with Gasteiger partial charge in [-0.05, 0) is 37.0 Å². The standard InChI is InChI=1S/C14H20N2O4S/c17-14(18)13-4-2-1-3-10-16(13)21(19,20)11-7-12-5-8-15-9-6-12/h5-6,8-9,13H,1-4,7,10-11H2,(H,17,18). The van der Waals surface area contributed by atoms with Crippen LogP contribution in [0.25, 0.3) is 0 Å². The SMILES string of the molecule is O=C(O)C1CCCCCN1S(=O)(=O)CCc1ccncc1. The Balaban J connectivity index is 2.10. The number of aryl methyl sites for hydroxylation is 1. The Kier molecular flexibility index (Phi) is 5.30. The first kappa shape index (κ1) is 15.9. The first-order chi connectivity index (χ1) is 10.0.